The maximum Gasteiger partial charge on any atom is 0.307 e. The molecule has 2 atom stereocenters. The summed E-state index contributed by atoms with van der Waals surface area (Å²) >= 11 is 0. The summed E-state index contributed by atoms with van der Waals surface area (Å²) in [5, 5.41) is 17.5. The zero-order valence-corrected chi connectivity index (χ0v) is 7.40. The van der Waals surface area contributed by atoms with Gasteiger partial charge in [-0.05, 0) is 12.8 Å². The molecule has 0 heterocycles. The average molecular weight is 186 g/mol. The molecule has 0 aromatic carbocycles. The first-order valence-electron chi connectivity index (χ1n) is 4.53. The van der Waals surface area contributed by atoms with Gasteiger partial charge in [-0.3, -0.25) is 9.59 Å². The molecule has 74 valence electrons. The first-order chi connectivity index (χ1) is 6.16. The van der Waals surface area contributed by atoms with Crippen LogP contribution >= 0.6 is 0 Å². The molecule has 0 saturated heterocycles. The molecular formula is C9H14O4. The summed E-state index contributed by atoms with van der Waals surface area (Å²) in [7, 11) is 0. The van der Waals surface area contributed by atoms with Crippen LogP contribution in [-0.4, -0.2) is 28.6 Å². The molecule has 0 aliphatic heterocycles. The second-order valence-corrected chi connectivity index (χ2v) is 3.46. The predicted octanol–water partition coefficient (Wildman–Crippen LogP) is 0.439. The number of carbonyl (C=O) groups excluding carboxylic acids is 1. The zero-order chi connectivity index (χ0) is 9.84. The van der Waals surface area contributed by atoms with Crippen molar-refractivity contribution in [2.24, 2.45) is 11.8 Å². The van der Waals surface area contributed by atoms with E-state index in [1.807, 2.05) is 0 Å². The zero-order valence-electron chi connectivity index (χ0n) is 7.40. The van der Waals surface area contributed by atoms with E-state index in [-0.39, 0.29) is 5.78 Å². The van der Waals surface area contributed by atoms with Gasteiger partial charge in [0.25, 0.3) is 0 Å². The van der Waals surface area contributed by atoms with Gasteiger partial charge in [0.1, 0.15) is 6.61 Å². The molecule has 4 heteroatoms. The minimum atomic E-state index is -0.911. The highest BCUT2D eigenvalue weighted by Crippen LogP contribution is 2.30. The maximum absolute atomic E-state index is 11.2. The van der Waals surface area contributed by atoms with Crippen LogP contribution in [0.3, 0.4) is 0 Å². The van der Waals surface area contributed by atoms with Crippen molar-refractivity contribution in [2.45, 2.75) is 25.7 Å². The second-order valence-electron chi connectivity index (χ2n) is 3.46. The lowest BCUT2D eigenvalue weighted by molar-refractivity contribution is -0.148. The highest BCUT2D eigenvalue weighted by molar-refractivity contribution is 5.87. The number of carboxylic acid groups (broad SMARTS) is 1. The minimum Gasteiger partial charge on any atom is -0.481 e. The maximum atomic E-state index is 11.2. The Kier molecular flexibility index (Phi) is 3.42. The molecule has 2 N–H and O–H groups in total. The lowest BCUT2D eigenvalue weighted by atomic mass is 9.77. The molecule has 1 rings (SSSR count). The van der Waals surface area contributed by atoms with E-state index in [9.17, 15) is 9.59 Å². The van der Waals surface area contributed by atoms with Crippen molar-refractivity contribution in [3.63, 3.8) is 0 Å². The van der Waals surface area contributed by atoms with Gasteiger partial charge in [-0.1, -0.05) is 12.8 Å². The molecule has 0 amide bonds. The molecule has 13 heavy (non-hydrogen) atoms. The van der Waals surface area contributed by atoms with Gasteiger partial charge in [-0.2, -0.15) is 0 Å². The van der Waals surface area contributed by atoms with Crippen LogP contribution in [0.15, 0.2) is 0 Å². The number of aliphatic hydroxyl groups is 1. The molecule has 0 spiro atoms. The summed E-state index contributed by atoms with van der Waals surface area (Å²) in [5.41, 5.74) is 0. The summed E-state index contributed by atoms with van der Waals surface area (Å²) in [6, 6.07) is 0. The number of carbonyl (C=O) groups is 2. The number of Topliss-reactive ketones (excluding diaryl/α,β-unsaturated/α-hetero) is 1. The number of rotatable bonds is 3. The van der Waals surface area contributed by atoms with E-state index in [1.54, 1.807) is 0 Å². The van der Waals surface area contributed by atoms with Crippen LogP contribution in [0.25, 0.3) is 0 Å². The number of carboxylic acids is 1. The number of hydrogen-bond acceptors (Lipinski definition) is 3. The van der Waals surface area contributed by atoms with Gasteiger partial charge in [-0.15, -0.1) is 0 Å². The van der Waals surface area contributed by atoms with E-state index in [1.165, 1.54) is 0 Å². The Balaban J connectivity index is 2.67. The average Bonchev–Trinajstić information content (AvgIpc) is 2.16. The van der Waals surface area contributed by atoms with E-state index in [2.05, 4.69) is 0 Å². The Hall–Kier alpha value is -0.900. The Bertz CT molecular complexity index is 212. The molecule has 0 aromatic heterocycles. The van der Waals surface area contributed by atoms with Crippen LogP contribution in [0, 0.1) is 11.8 Å². The fraction of sp³-hybridized carbons (Fsp3) is 0.778. The van der Waals surface area contributed by atoms with Crippen LogP contribution < -0.4 is 0 Å². The molecule has 1 fully saturated rings. The molecule has 4 nitrogen and oxygen atoms in total. The highest BCUT2D eigenvalue weighted by Gasteiger charge is 2.34. The van der Waals surface area contributed by atoms with E-state index in [0.717, 1.165) is 12.8 Å². The molecule has 0 aromatic rings. The van der Waals surface area contributed by atoms with Crippen molar-refractivity contribution in [2.75, 3.05) is 6.61 Å². The molecule has 0 radical (unpaired) electrons. The van der Waals surface area contributed by atoms with Gasteiger partial charge in [0, 0.05) is 5.92 Å². The number of ketones is 1. The van der Waals surface area contributed by atoms with Crippen molar-refractivity contribution in [1.29, 1.82) is 0 Å². The second kappa shape index (κ2) is 4.37. The van der Waals surface area contributed by atoms with Crippen molar-refractivity contribution < 1.29 is 19.8 Å². The lowest BCUT2D eigenvalue weighted by Crippen LogP contribution is -2.34. The summed E-state index contributed by atoms with van der Waals surface area (Å²) in [4.78, 5) is 21.9. The SMILES string of the molecule is O=C(O)C1CCCCC1C(=O)CO. The Morgan fingerprint density at radius 1 is 1.15 bits per heavy atom. The largest absolute Gasteiger partial charge is 0.481 e. The van der Waals surface area contributed by atoms with Gasteiger partial charge < -0.3 is 10.2 Å². The van der Waals surface area contributed by atoms with Crippen molar-refractivity contribution in [3.05, 3.63) is 0 Å². The first kappa shape index (κ1) is 10.2. The monoisotopic (exact) mass is 186 g/mol. The lowest BCUT2D eigenvalue weighted by Gasteiger charge is -2.26. The Morgan fingerprint density at radius 3 is 2.15 bits per heavy atom. The van der Waals surface area contributed by atoms with Crippen LogP contribution in [0.4, 0.5) is 0 Å². The Morgan fingerprint density at radius 2 is 1.69 bits per heavy atom. The van der Waals surface area contributed by atoms with Gasteiger partial charge in [0.15, 0.2) is 5.78 Å². The molecule has 0 bridgehead atoms. The summed E-state index contributed by atoms with van der Waals surface area (Å²) in [5.74, 6) is -2.27. The van der Waals surface area contributed by atoms with Crippen molar-refractivity contribution >= 4 is 11.8 Å². The van der Waals surface area contributed by atoms with E-state index in [4.69, 9.17) is 10.2 Å². The summed E-state index contributed by atoms with van der Waals surface area (Å²) in [6.07, 6.45) is 2.93. The number of hydrogen-bond donors (Lipinski definition) is 2. The third kappa shape index (κ3) is 2.28. The molecule has 1 aliphatic rings. The molecule has 1 aliphatic carbocycles. The fourth-order valence-corrected chi connectivity index (χ4v) is 1.93. The Labute approximate surface area is 76.6 Å². The van der Waals surface area contributed by atoms with Crippen molar-refractivity contribution in [1.82, 2.24) is 0 Å². The minimum absolute atomic E-state index is 0.327. The van der Waals surface area contributed by atoms with Crippen LogP contribution in [0.2, 0.25) is 0 Å². The number of aliphatic hydroxyl groups excluding tert-OH is 1. The fourth-order valence-electron chi connectivity index (χ4n) is 1.93. The van der Waals surface area contributed by atoms with Gasteiger partial charge >= 0.3 is 5.97 Å². The highest BCUT2D eigenvalue weighted by atomic mass is 16.4. The van der Waals surface area contributed by atoms with Crippen LogP contribution in [0.5, 0.6) is 0 Å². The predicted molar refractivity (Wildman–Crippen MR) is 45.2 cm³/mol. The summed E-state index contributed by atoms with van der Waals surface area (Å²) < 4.78 is 0. The van der Waals surface area contributed by atoms with Crippen molar-refractivity contribution in [3.8, 4) is 0 Å². The third-order valence-electron chi connectivity index (χ3n) is 2.65. The quantitative estimate of drug-likeness (QED) is 0.670. The molecule has 2 unspecified atom stereocenters. The van der Waals surface area contributed by atoms with Gasteiger partial charge in [0.05, 0.1) is 5.92 Å². The third-order valence-corrected chi connectivity index (χ3v) is 2.65. The van der Waals surface area contributed by atoms with Crippen LogP contribution in [-0.2, 0) is 9.59 Å². The normalized spacial score (nSPS) is 28.4. The van der Waals surface area contributed by atoms with Crippen LogP contribution in [0.1, 0.15) is 25.7 Å². The topological polar surface area (TPSA) is 74.6 Å². The van der Waals surface area contributed by atoms with E-state index in [0.29, 0.717) is 12.8 Å². The van der Waals surface area contributed by atoms with E-state index >= 15 is 0 Å². The first-order valence-corrected chi connectivity index (χ1v) is 4.53. The molecular weight excluding hydrogens is 172 g/mol. The van der Waals surface area contributed by atoms with Gasteiger partial charge in [0.2, 0.25) is 0 Å². The van der Waals surface area contributed by atoms with Gasteiger partial charge in [-0.25, -0.2) is 0 Å². The summed E-state index contributed by atoms with van der Waals surface area (Å²) in [6.45, 7) is -0.533. The molecule has 1 saturated carbocycles. The van der Waals surface area contributed by atoms with E-state index < -0.39 is 24.4 Å². The smallest absolute Gasteiger partial charge is 0.307 e. The number of aliphatic carboxylic acids is 1. The standard InChI is InChI=1S/C9H14O4/c10-5-8(11)6-3-1-2-4-7(6)9(12)13/h6-7,10H,1-5H2,(H,12,13).